The van der Waals surface area contributed by atoms with Crippen molar-refractivity contribution >= 4 is 16.5 Å². The third kappa shape index (κ3) is 32.1. The minimum Gasteiger partial charge on any atom is -0.418 e. The predicted molar refractivity (Wildman–Crippen MR) is 82.5 cm³/mol. The molecule has 118 valence electrons. The zero-order valence-electron chi connectivity index (χ0n) is 12.4. The molecule has 0 radical (unpaired) electrons. The molecule has 0 bridgehead atoms. The van der Waals surface area contributed by atoms with E-state index < -0.39 is 7.25 Å². The van der Waals surface area contributed by atoms with Gasteiger partial charge in [-0.1, -0.05) is 65.2 Å². The van der Waals surface area contributed by atoms with Gasteiger partial charge in [-0.05, 0) is 21.6 Å². The molecule has 0 spiro atoms. The van der Waals surface area contributed by atoms with E-state index in [2.05, 4.69) is 23.1 Å². The van der Waals surface area contributed by atoms with Crippen LogP contribution in [0.15, 0.2) is 0 Å². The van der Waals surface area contributed by atoms with Crippen LogP contribution in [0.2, 0.25) is 0 Å². The van der Waals surface area contributed by atoms with Gasteiger partial charge in [-0.3, -0.25) is 0 Å². The second-order valence-electron chi connectivity index (χ2n) is 5.15. The Hall–Kier alpha value is 0.215. The largest absolute Gasteiger partial charge is 0.673 e. The van der Waals surface area contributed by atoms with Crippen LogP contribution in [0.5, 0.6) is 0 Å². The van der Waals surface area contributed by atoms with Gasteiger partial charge in [0.05, 0.1) is 6.16 Å². The molecule has 2 unspecified atom stereocenters. The van der Waals surface area contributed by atoms with Crippen molar-refractivity contribution in [3.8, 4) is 0 Å². The van der Waals surface area contributed by atoms with Crippen LogP contribution >= 0.6 is 9.24 Å². The Bertz CT molecular complexity index is 171. The molecular formula is C13H30BF4P. The lowest BCUT2D eigenvalue weighted by Crippen LogP contribution is -2.02. The number of hydrogen-bond donors (Lipinski definition) is 0. The number of halogens is 4. The third-order valence-corrected chi connectivity index (χ3v) is 3.41. The van der Waals surface area contributed by atoms with E-state index in [1.54, 1.807) is 0 Å². The number of rotatable bonds is 10. The first-order chi connectivity index (χ1) is 8.81. The summed E-state index contributed by atoms with van der Waals surface area (Å²) < 4.78 is 39.0. The van der Waals surface area contributed by atoms with Crippen LogP contribution in [0.25, 0.3) is 0 Å². The van der Waals surface area contributed by atoms with Crippen molar-refractivity contribution in [2.24, 2.45) is 5.92 Å². The lowest BCUT2D eigenvalue weighted by molar-refractivity contribution is 0.368. The SMILES string of the molecule is CCCCCCCCCC(C)CC[PH3+].F[B-](F)(F)F. The average Bonchev–Trinajstić information content (AvgIpc) is 2.26. The summed E-state index contributed by atoms with van der Waals surface area (Å²) in [7, 11) is -3.89. The fraction of sp³-hybridized carbons (Fsp3) is 1.00. The van der Waals surface area contributed by atoms with Crippen LogP contribution in [-0.2, 0) is 0 Å². The van der Waals surface area contributed by atoms with E-state index >= 15 is 0 Å². The minimum absolute atomic E-state index is 0.975. The Labute approximate surface area is 118 Å². The van der Waals surface area contributed by atoms with Crippen molar-refractivity contribution < 1.29 is 17.3 Å². The van der Waals surface area contributed by atoms with Gasteiger partial charge in [-0.2, -0.15) is 0 Å². The van der Waals surface area contributed by atoms with E-state index in [-0.39, 0.29) is 0 Å². The van der Waals surface area contributed by atoms with Gasteiger partial charge in [0.1, 0.15) is 0 Å². The molecule has 0 saturated heterocycles. The van der Waals surface area contributed by atoms with Gasteiger partial charge >= 0.3 is 7.25 Å². The summed E-state index contributed by atoms with van der Waals surface area (Å²) in [6.07, 6.45) is 14.4. The molecule has 0 aromatic heterocycles. The Morgan fingerprint density at radius 2 is 1.26 bits per heavy atom. The summed E-state index contributed by atoms with van der Waals surface area (Å²) in [5.41, 5.74) is 0. The highest BCUT2D eigenvalue weighted by Crippen LogP contribution is 2.15. The molecule has 2 atom stereocenters. The Balaban J connectivity index is 0. The molecule has 6 heteroatoms. The highest BCUT2D eigenvalue weighted by atomic mass is 31.0. The summed E-state index contributed by atoms with van der Waals surface area (Å²) in [4.78, 5) is 0. The zero-order valence-corrected chi connectivity index (χ0v) is 13.9. The van der Waals surface area contributed by atoms with Gasteiger partial charge in [-0.15, -0.1) is 0 Å². The summed E-state index contributed by atoms with van der Waals surface area (Å²) >= 11 is 0. The standard InChI is InChI=1S/C13H29P.BF4/c1-3-4-5-6-7-8-9-10-13(2)11-12-14;2-1(3,4)5/h13H,3-12,14H2,1-2H3;/q;-1/p+1. The van der Waals surface area contributed by atoms with Crippen molar-refractivity contribution in [3.05, 3.63) is 0 Å². The molecule has 0 aromatic rings. The fourth-order valence-corrected chi connectivity index (χ4v) is 2.64. The number of hydrogen-bond acceptors (Lipinski definition) is 0. The van der Waals surface area contributed by atoms with Crippen LogP contribution in [0.3, 0.4) is 0 Å². The van der Waals surface area contributed by atoms with Gasteiger partial charge in [-0.25, -0.2) is 0 Å². The quantitative estimate of drug-likeness (QED) is 0.199. The first-order valence-corrected chi connectivity index (χ1v) is 8.47. The Morgan fingerprint density at radius 3 is 1.68 bits per heavy atom. The second-order valence-corrected chi connectivity index (χ2v) is 5.86. The molecule has 0 rings (SSSR count). The lowest BCUT2D eigenvalue weighted by atomic mass is 10.00. The summed E-state index contributed by atoms with van der Waals surface area (Å²) in [5, 5.41) is 0. The second kappa shape index (κ2) is 14.6. The van der Waals surface area contributed by atoms with E-state index in [1.165, 1.54) is 63.9 Å². The van der Waals surface area contributed by atoms with Gasteiger partial charge in [0.2, 0.25) is 0 Å². The molecular weight excluding hydrogens is 274 g/mol. The van der Waals surface area contributed by atoms with Crippen molar-refractivity contribution in [2.75, 3.05) is 6.16 Å². The highest BCUT2D eigenvalue weighted by Gasteiger charge is 2.20. The van der Waals surface area contributed by atoms with Gasteiger partial charge in [0.25, 0.3) is 0 Å². The average molecular weight is 304 g/mol. The molecule has 0 heterocycles. The van der Waals surface area contributed by atoms with E-state index in [9.17, 15) is 17.3 Å². The monoisotopic (exact) mass is 304 g/mol. The molecule has 0 nitrogen and oxygen atoms in total. The third-order valence-electron chi connectivity index (χ3n) is 3.00. The van der Waals surface area contributed by atoms with Crippen LogP contribution in [-0.4, -0.2) is 13.4 Å². The molecule has 0 saturated carbocycles. The van der Waals surface area contributed by atoms with Crippen molar-refractivity contribution in [2.45, 2.75) is 71.6 Å². The van der Waals surface area contributed by atoms with Gasteiger partial charge < -0.3 is 17.3 Å². The van der Waals surface area contributed by atoms with Crippen molar-refractivity contribution in [1.82, 2.24) is 0 Å². The summed E-state index contributed by atoms with van der Waals surface area (Å²) in [6.45, 7) is 4.69. The zero-order chi connectivity index (χ0) is 15.1. The lowest BCUT2D eigenvalue weighted by Gasteiger charge is -2.07. The molecule has 0 amide bonds. The molecule has 0 aliphatic heterocycles. The maximum absolute atomic E-state index is 9.75. The fourth-order valence-electron chi connectivity index (χ4n) is 1.94. The minimum atomic E-state index is -6.00. The van der Waals surface area contributed by atoms with Crippen molar-refractivity contribution in [3.63, 3.8) is 0 Å². The molecule has 19 heavy (non-hydrogen) atoms. The maximum atomic E-state index is 9.75. The van der Waals surface area contributed by atoms with E-state index in [1.807, 2.05) is 0 Å². The molecule has 0 N–H and O–H groups in total. The van der Waals surface area contributed by atoms with Crippen LogP contribution in [0.1, 0.15) is 71.6 Å². The van der Waals surface area contributed by atoms with Crippen molar-refractivity contribution in [1.29, 1.82) is 0 Å². The normalized spacial score (nSPS) is 12.9. The maximum Gasteiger partial charge on any atom is 0.673 e. The van der Waals surface area contributed by atoms with Crippen LogP contribution < -0.4 is 0 Å². The predicted octanol–water partition coefficient (Wildman–Crippen LogP) is 6.06. The van der Waals surface area contributed by atoms with Crippen LogP contribution in [0.4, 0.5) is 17.3 Å². The Kier molecular flexibility index (Phi) is 16.6. The van der Waals surface area contributed by atoms with E-state index in [0.717, 1.165) is 5.92 Å². The van der Waals surface area contributed by atoms with Crippen LogP contribution in [0, 0.1) is 5.92 Å². The summed E-state index contributed by atoms with van der Waals surface area (Å²) in [6, 6.07) is 0. The van der Waals surface area contributed by atoms with Gasteiger partial charge in [0, 0.05) is 0 Å². The number of unbranched alkanes of at least 4 members (excludes halogenated alkanes) is 6. The Morgan fingerprint density at radius 1 is 0.842 bits per heavy atom. The highest BCUT2D eigenvalue weighted by molar-refractivity contribution is 7.16. The van der Waals surface area contributed by atoms with E-state index in [0.29, 0.717) is 0 Å². The molecule has 0 aliphatic carbocycles. The van der Waals surface area contributed by atoms with Gasteiger partial charge in [0.15, 0.2) is 0 Å². The first kappa shape index (κ1) is 21.5. The molecule has 0 aromatic carbocycles. The smallest absolute Gasteiger partial charge is 0.418 e. The molecule has 0 fully saturated rings. The summed E-state index contributed by atoms with van der Waals surface area (Å²) in [5.74, 6) is 0.975. The first-order valence-electron chi connectivity index (χ1n) is 7.47. The molecule has 0 aliphatic rings. The van der Waals surface area contributed by atoms with E-state index in [4.69, 9.17) is 0 Å². The topological polar surface area (TPSA) is 0 Å².